The average molecular weight is 342 g/mol. The number of aliphatic imine (C=N–C) groups is 1. The van der Waals surface area contributed by atoms with Crippen molar-refractivity contribution in [3.8, 4) is 5.75 Å². The second-order valence-corrected chi connectivity index (χ2v) is 7.22. The quantitative estimate of drug-likeness (QED) is 0.785. The van der Waals surface area contributed by atoms with Gasteiger partial charge in [0, 0.05) is 5.70 Å². The molecular weight excluding hydrogens is 312 g/mol. The normalized spacial score (nSPS) is 26.3. The Morgan fingerprint density at radius 1 is 1.24 bits per heavy atom. The minimum Gasteiger partial charge on any atom is -0.497 e. The number of hydrogen-bond donors (Lipinski definition) is 3. The summed E-state index contributed by atoms with van der Waals surface area (Å²) in [6.07, 6.45) is 6.21. The molecule has 4 N–H and O–H groups in total. The number of guanidine groups is 1. The van der Waals surface area contributed by atoms with Crippen LogP contribution in [0.1, 0.15) is 51.5 Å². The van der Waals surface area contributed by atoms with E-state index in [-0.39, 0.29) is 0 Å². The van der Waals surface area contributed by atoms with Crippen LogP contribution in [0.5, 0.6) is 5.75 Å². The van der Waals surface area contributed by atoms with E-state index in [2.05, 4.69) is 30.5 Å². The highest BCUT2D eigenvalue weighted by Crippen LogP contribution is 2.35. The number of allylic oxidation sites excluding steroid dienone is 1. The molecule has 1 aromatic rings. The fourth-order valence-corrected chi connectivity index (χ4v) is 3.89. The van der Waals surface area contributed by atoms with Gasteiger partial charge in [-0.15, -0.1) is 0 Å². The molecular formula is C20H30N4O. The summed E-state index contributed by atoms with van der Waals surface area (Å²) < 4.78 is 5.28. The largest absolute Gasteiger partial charge is 0.497 e. The van der Waals surface area contributed by atoms with Crippen molar-refractivity contribution in [1.82, 2.24) is 10.6 Å². The van der Waals surface area contributed by atoms with Crippen LogP contribution >= 0.6 is 0 Å². The minimum absolute atomic E-state index is 0.459. The Bertz CT molecular complexity index is 676. The fourth-order valence-electron chi connectivity index (χ4n) is 3.89. The Hall–Kier alpha value is -2.01. The van der Waals surface area contributed by atoms with Crippen molar-refractivity contribution in [2.24, 2.45) is 16.6 Å². The van der Waals surface area contributed by atoms with Crippen LogP contribution < -0.4 is 21.1 Å². The van der Waals surface area contributed by atoms with Crippen molar-refractivity contribution in [1.29, 1.82) is 0 Å². The highest BCUT2D eigenvalue weighted by atomic mass is 16.5. The van der Waals surface area contributed by atoms with Crippen LogP contribution in [0.3, 0.4) is 0 Å². The van der Waals surface area contributed by atoms with Gasteiger partial charge in [-0.05, 0) is 55.9 Å². The van der Waals surface area contributed by atoms with E-state index in [9.17, 15) is 0 Å². The summed E-state index contributed by atoms with van der Waals surface area (Å²) in [6.45, 7) is 4.80. The van der Waals surface area contributed by atoms with E-state index in [0.717, 1.165) is 23.0 Å². The molecule has 25 heavy (non-hydrogen) atoms. The lowest BCUT2D eigenvalue weighted by Crippen LogP contribution is -2.67. The third-order valence-corrected chi connectivity index (χ3v) is 5.62. The smallest absolute Gasteiger partial charge is 0.197 e. The SMILES string of the molecule is COc1cccc(CN=C2NC(C)=C(C)C(N)(C3CCCCC3)N2)c1. The lowest BCUT2D eigenvalue weighted by atomic mass is 9.76. The first-order valence-electron chi connectivity index (χ1n) is 9.22. The molecule has 1 aliphatic carbocycles. The van der Waals surface area contributed by atoms with Gasteiger partial charge >= 0.3 is 0 Å². The van der Waals surface area contributed by atoms with Gasteiger partial charge < -0.3 is 21.1 Å². The Balaban J connectivity index is 1.78. The van der Waals surface area contributed by atoms with Gasteiger partial charge in [0.1, 0.15) is 11.4 Å². The van der Waals surface area contributed by atoms with Crippen LogP contribution in [0.25, 0.3) is 0 Å². The lowest BCUT2D eigenvalue weighted by molar-refractivity contribution is 0.215. The Labute approximate surface area is 150 Å². The number of nitrogens with zero attached hydrogens (tertiary/aromatic N) is 1. The zero-order valence-corrected chi connectivity index (χ0v) is 15.6. The molecule has 5 heteroatoms. The molecule has 0 amide bonds. The molecule has 1 unspecified atom stereocenters. The standard InChI is InChI=1S/C20H30N4O/c1-14-15(2)23-19(22-13-16-8-7-11-18(12-16)25-3)24-20(14,21)17-9-5-4-6-10-17/h7-8,11-12,17H,4-6,9-10,13,21H2,1-3H3,(H2,22,23,24). The zero-order chi connectivity index (χ0) is 17.9. The molecule has 3 rings (SSSR count). The van der Waals surface area contributed by atoms with Gasteiger partial charge in [0.15, 0.2) is 5.96 Å². The maximum Gasteiger partial charge on any atom is 0.197 e. The van der Waals surface area contributed by atoms with E-state index >= 15 is 0 Å². The van der Waals surface area contributed by atoms with Gasteiger partial charge in [0.05, 0.1) is 13.7 Å². The van der Waals surface area contributed by atoms with E-state index in [1.807, 2.05) is 18.2 Å². The maximum absolute atomic E-state index is 6.86. The van der Waals surface area contributed by atoms with Gasteiger partial charge in [-0.25, -0.2) is 4.99 Å². The van der Waals surface area contributed by atoms with Gasteiger partial charge in [-0.3, -0.25) is 0 Å². The maximum atomic E-state index is 6.86. The van der Waals surface area contributed by atoms with Crippen molar-refractivity contribution in [3.63, 3.8) is 0 Å². The second kappa shape index (κ2) is 7.48. The van der Waals surface area contributed by atoms with Crippen LogP contribution in [0, 0.1) is 5.92 Å². The summed E-state index contributed by atoms with van der Waals surface area (Å²) >= 11 is 0. The molecule has 1 aliphatic heterocycles. The van der Waals surface area contributed by atoms with Crippen LogP contribution in [-0.4, -0.2) is 18.7 Å². The summed E-state index contributed by atoms with van der Waals surface area (Å²) in [7, 11) is 1.68. The molecule has 1 fully saturated rings. The number of hydrogen-bond acceptors (Lipinski definition) is 3. The summed E-state index contributed by atoms with van der Waals surface area (Å²) in [5, 5.41) is 6.87. The summed E-state index contributed by atoms with van der Waals surface area (Å²) in [4.78, 5) is 4.73. The van der Waals surface area contributed by atoms with Crippen molar-refractivity contribution in [2.45, 2.75) is 58.2 Å². The zero-order valence-electron chi connectivity index (χ0n) is 15.6. The highest BCUT2D eigenvalue weighted by molar-refractivity contribution is 5.84. The molecule has 1 saturated carbocycles. The first kappa shape index (κ1) is 17.8. The third-order valence-electron chi connectivity index (χ3n) is 5.62. The number of nitrogens with two attached hydrogens (primary N) is 1. The molecule has 0 saturated heterocycles. The van der Waals surface area contributed by atoms with Crippen LogP contribution in [0.4, 0.5) is 0 Å². The van der Waals surface area contributed by atoms with E-state index < -0.39 is 5.66 Å². The summed E-state index contributed by atoms with van der Waals surface area (Å²) in [6, 6.07) is 8.00. The van der Waals surface area contributed by atoms with Crippen LogP contribution in [0.15, 0.2) is 40.5 Å². The summed E-state index contributed by atoms with van der Waals surface area (Å²) in [5.74, 6) is 2.07. The molecule has 5 nitrogen and oxygen atoms in total. The van der Waals surface area contributed by atoms with E-state index in [4.69, 9.17) is 15.5 Å². The number of nitrogens with one attached hydrogen (secondary N) is 2. The highest BCUT2D eigenvalue weighted by Gasteiger charge is 2.41. The number of ether oxygens (including phenoxy) is 1. The average Bonchev–Trinajstić information content (AvgIpc) is 2.65. The van der Waals surface area contributed by atoms with Gasteiger partial charge in [-0.2, -0.15) is 0 Å². The van der Waals surface area contributed by atoms with Gasteiger partial charge in [0.25, 0.3) is 0 Å². The van der Waals surface area contributed by atoms with E-state index in [1.54, 1.807) is 7.11 Å². The number of rotatable bonds is 4. The molecule has 0 aromatic heterocycles. The monoisotopic (exact) mass is 342 g/mol. The van der Waals surface area contributed by atoms with Gasteiger partial charge in [0.2, 0.25) is 0 Å². The number of benzene rings is 1. The second-order valence-electron chi connectivity index (χ2n) is 7.22. The molecule has 0 radical (unpaired) electrons. The minimum atomic E-state index is -0.497. The topological polar surface area (TPSA) is 71.7 Å². The van der Waals surface area contributed by atoms with Crippen LogP contribution in [0.2, 0.25) is 0 Å². The molecule has 2 aliphatic rings. The molecule has 0 bridgehead atoms. The summed E-state index contributed by atoms with van der Waals surface area (Å²) in [5.41, 5.74) is 9.78. The molecule has 1 atom stereocenters. The molecule has 136 valence electrons. The first-order chi connectivity index (χ1) is 12.0. The predicted molar refractivity (Wildman–Crippen MR) is 102 cm³/mol. The molecule has 1 heterocycles. The third kappa shape index (κ3) is 3.82. The number of methoxy groups -OCH3 is 1. The Morgan fingerprint density at radius 3 is 2.72 bits per heavy atom. The Morgan fingerprint density at radius 2 is 2.00 bits per heavy atom. The van der Waals surface area contributed by atoms with Crippen molar-refractivity contribution >= 4 is 5.96 Å². The fraction of sp³-hybridized carbons (Fsp3) is 0.550. The Kier molecular flexibility index (Phi) is 5.33. The lowest BCUT2D eigenvalue weighted by Gasteiger charge is -2.45. The van der Waals surface area contributed by atoms with E-state index in [1.165, 1.54) is 37.7 Å². The predicted octanol–water partition coefficient (Wildman–Crippen LogP) is 3.27. The van der Waals surface area contributed by atoms with Crippen molar-refractivity contribution < 1.29 is 4.74 Å². The van der Waals surface area contributed by atoms with Gasteiger partial charge in [-0.1, -0.05) is 31.4 Å². The van der Waals surface area contributed by atoms with Crippen molar-refractivity contribution in [3.05, 3.63) is 41.1 Å². The first-order valence-corrected chi connectivity index (χ1v) is 9.22. The van der Waals surface area contributed by atoms with E-state index in [0.29, 0.717) is 12.5 Å². The van der Waals surface area contributed by atoms with Crippen LogP contribution in [-0.2, 0) is 6.54 Å². The van der Waals surface area contributed by atoms with Crippen molar-refractivity contribution in [2.75, 3.05) is 7.11 Å². The molecule has 1 aromatic carbocycles. The molecule has 0 spiro atoms.